The number of hydrogen-bond acceptors (Lipinski definition) is 4. The van der Waals surface area contributed by atoms with Crippen molar-refractivity contribution in [1.29, 1.82) is 0 Å². The maximum absolute atomic E-state index is 13.0. The second kappa shape index (κ2) is 9.55. The Morgan fingerprint density at radius 2 is 1.67 bits per heavy atom. The van der Waals surface area contributed by atoms with Crippen molar-refractivity contribution in [2.75, 3.05) is 43.4 Å². The highest BCUT2D eigenvalue weighted by atomic mass is 32.2. The van der Waals surface area contributed by atoms with Crippen molar-refractivity contribution in [3.63, 3.8) is 0 Å². The highest BCUT2D eigenvalue weighted by Gasteiger charge is 2.35. The Kier molecular flexibility index (Phi) is 6.74. The Labute approximate surface area is 195 Å². The average Bonchev–Trinajstić information content (AvgIpc) is 3.07. The summed E-state index contributed by atoms with van der Waals surface area (Å²) in [6, 6.07) is 16.9. The standard InChI is InChI=1S/C25H31N3O4S/c1-19(2)20-8-10-22(11-9-20)28-15-14-27(25(28)30)18-24(29)26-13-12-23(33(31,32)17-16-26)21-6-4-3-5-7-21/h3-11,19,23H,12-18H2,1-2H3. The summed E-state index contributed by atoms with van der Waals surface area (Å²) in [4.78, 5) is 30.8. The van der Waals surface area contributed by atoms with Gasteiger partial charge in [0.2, 0.25) is 5.91 Å². The molecule has 2 aliphatic heterocycles. The third-order valence-electron chi connectivity index (χ3n) is 6.56. The van der Waals surface area contributed by atoms with E-state index in [-0.39, 0.29) is 30.8 Å². The fourth-order valence-corrected chi connectivity index (χ4v) is 6.30. The third-order valence-corrected chi connectivity index (χ3v) is 8.68. The quantitative estimate of drug-likeness (QED) is 0.672. The fraction of sp³-hybridized carbons (Fsp3) is 0.440. The molecule has 0 aliphatic carbocycles. The van der Waals surface area contributed by atoms with Gasteiger partial charge in [0.1, 0.15) is 6.54 Å². The van der Waals surface area contributed by atoms with Crippen molar-refractivity contribution in [1.82, 2.24) is 9.80 Å². The molecular formula is C25H31N3O4S. The summed E-state index contributed by atoms with van der Waals surface area (Å²) in [5.41, 5.74) is 2.80. The van der Waals surface area contributed by atoms with Crippen LogP contribution >= 0.6 is 0 Å². The van der Waals surface area contributed by atoms with Crippen molar-refractivity contribution in [2.24, 2.45) is 0 Å². The lowest BCUT2D eigenvalue weighted by Gasteiger charge is -2.24. The molecule has 7 nitrogen and oxygen atoms in total. The van der Waals surface area contributed by atoms with E-state index in [0.717, 1.165) is 11.3 Å². The van der Waals surface area contributed by atoms with Crippen molar-refractivity contribution in [3.05, 3.63) is 65.7 Å². The van der Waals surface area contributed by atoms with Gasteiger partial charge in [0.15, 0.2) is 9.84 Å². The van der Waals surface area contributed by atoms with E-state index in [2.05, 4.69) is 13.8 Å². The molecule has 1 unspecified atom stereocenters. The molecule has 0 bridgehead atoms. The second-order valence-electron chi connectivity index (χ2n) is 9.04. The van der Waals surface area contributed by atoms with E-state index >= 15 is 0 Å². The molecule has 2 aliphatic rings. The van der Waals surface area contributed by atoms with Crippen LogP contribution in [0, 0.1) is 0 Å². The van der Waals surface area contributed by atoms with E-state index in [9.17, 15) is 18.0 Å². The van der Waals surface area contributed by atoms with E-state index in [1.54, 1.807) is 14.7 Å². The predicted molar refractivity (Wildman–Crippen MR) is 129 cm³/mol. The molecule has 0 saturated carbocycles. The van der Waals surface area contributed by atoms with Gasteiger partial charge in [0, 0.05) is 31.9 Å². The van der Waals surface area contributed by atoms with Gasteiger partial charge in [-0.05, 0) is 35.6 Å². The van der Waals surface area contributed by atoms with E-state index in [1.165, 1.54) is 5.56 Å². The number of amides is 3. The van der Waals surface area contributed by atoms with Gasteiger partial charge in [0.25, 0.3) is 0 Å². The molecule has 2 saturated heterocycles. The minimum Gasteiger partial charge on any atom is -0.340 e. The molecule has 0 aromatic heterocycles. The number of benzene rings is 2. The summed E-state index contributed by atoms with van der Waals surface area (Å²) < 4.78 is 25.6. The third kappa shape index (κ3) is 5.05. The van der Waals surface area contributed by atoms with Crippen molar-refractivity contribution >= 4 is 27.5 Å². The first-order valence-electron chi connectivity index (χ1n) is 11.5. The predicted octanol–water partition coefficient (Wildman–Crippen LogP) is 3.44. The lowest BCUT2D eigenvalue weighted by molar-refractivity contribution is -0.131. The zero-order valence-electron chi connectivity index (χ0n) is 19.2. The molecule has 2 aromatic carbocycles. The summed E-state index contributed by atoms with van der Waals surface area (Å²) in [7, 11) is -3.35. The first-order valence-corrected chi connectivity index (χ1v) is 13.2. The van der Waals surface area contributed by atoms with Crippen LogP contribution in [0.5, 0.6) is 0 Å². The number of nitrogens with zero attached hydrogens (tertiary/aromatic N) is 3. The monoisotopic (exact) mass is 469 g/mol. The van der Waals surface area contributed by atoms with E-state index in [4.69, 9.17) is 0 Å². The number of sulfone groups is 1. The molecule has 1 atom stereocenters. The molecule has 2 fully saturated rings. The zero-order chi connectivity index (χ0) is 23.6. The van der Waals surface area contributed by atoms with Crippen LogP contribution in [0.3, 0.4) is 0 Å². The summed E-state index contributed by atoms with van der Waals surface area (Å²) in [5, 5.41) is -0.603. The van der Waals surface area contributed by atoms with Gasteiger partial charge in [0.05, 0.1) is 11.0 Å². The van der Waals surface area contributed by atoms with Crippen molar-refractivity contribution < 1.29 is 18.0 Å². The number of hydrogen-bond donors (Lipinski definition) is 0. The maximum atomic E-state index is 13.0. The average molecular weight is 470 g/mol. The first-order chi connectivity index (χ1) is 15.8. The normalized spacial score (nSPS) is 20.9. The van der Waals surface area contributed by atoms with Gasteiger partial charge in [-0.3, -0.25) is 9.69 Å². The molecule has 4 rings (SSSR count). The Morgan fingerprint density at radius 3 is 2.33 bits per heavy atom. The van der Waals surface area contributed by atoms with Gasteiger partial charge < -0.3 is 9.80 Å². The molecule has 0 spiro atoms. The van der Waals surface area contributed by atoms with E-state index in [0.29, 0.717) is 32.0 Å². The number of anilines is 1. The van der Waals surface area contributed by atoms with Crippen LogP contribution in [0.25, 0.3) is 0 Å². The van der Waals surface area contributed by atoms with Crippen LogP contribution < -0.4 is 4.90 Å². The van der Waals surface area contributed by atoms with Crippen LogP contribution in [0.15, 0.2) is 54.6 Å². The molecule has 3 amide bonds. The van der Waals surface area contributed by atoms with Crippen LogP contribution in [-0.2, 0) is 14.6 Å². The van der Waals surface area contributed by atoms with Gasteiger partial charge in [-0.25, -0.2) is 13.2 Å². The van der Waals surface area contributed by atoms with Gasteiger partial charge in [-0.1, -0.05) is 56.3 Å². The molecule has 0 radical (unpaired) electrons. The van der Waals surface area contributed by atoms with Crippen LogP contribution in [-0.4, -0.2) is 68.6 Å². The van der Waals surface area contributed by atoms with Gasteiger partial charge in [-0.15, -0.1) is 0 Å². The lowest BCUT2D eigenvalue weighted by Crippen LogP contribution is -2.43. The minimum absolute atomic E-state index is 0.0323. The molecule has 8 heteroatoms. The Hall–Kier alpha value is -2.87. The molecule has 2 heterocycles. The van der Waals surface area contributed by atoms with Crippen LogP contribution in [0.1, 0.15) is 42.6 Å². The Bertz CT molecular complexity index is 1100. The second-order valence-corrected chi connectivity index (χ2v) is 11.3. The molecule has 176 valence electrons. The number of carbonyl (C=O) groups is 2. The maximum Gasteiger partial charge on any atom is 0.325 e. The summed E-state index contributed by atoms with van der Waals surface area (Å²) in [6.07, 6.45) is 0.361. The van der Waals surface area contributed by atoms with E-state index in [1.807, 2.05) is 54.6 Å². The van der Waals surface area contributed by atoms with Crippen molar-refractivity contribution in [3.8, 4) is 0 Å². The van der Waals surface area contributed by atoms with Crippen molar-refractivity contribution in [2.45, 2.75) is 31.4 Å². The summed E-state index contributed by atoms with van der Waals surface area (Å²) in [6.45, 7) is 5.73. The highest BCUT2D eigenvalue weighted by Crippen LogP contribution is 2.29. The SMILES string of the molecule is CC(C)c1ccc(N2CCN(CC(=O)N3CCC(c4ccccc4)S(=O)(=O)CC3)C2=O)cc1. The number of rotatable bonds is 5. The Balaban J connectivity index is 1.39. The first kappa shape index (κ1) is 23.3. The lowest BCUT2D eigenvalue weighted by atomic mass is 10.0. The zero-order valence-corrected chi connectivity index (χ0v) is 20.0. The van der Waals surface area contributed by atoms with Crippen LogP contribution in [0.2, 0.25) is 0 Å². The summed E-state index contributed by atoms with van der Waals surface area (Å²) in [5.74, 6) is 0.145. The van der Waals surface area contributed by atoms with Gasteiger partial charge in [-0.2, -0.15) is 0 Å². The number of urea groups is 1. The van der Waals surface area contributed by atoms with E-state index < -0.39 is 15.1 Å². The fourth-order valence-electron chi connectivity index (χ4n) is 4.51. The topological polar surface area (TPSA) is 78.0 Å². The van der Waals surface area contributed by atoms with Gasteiger partial charge >= 0.3 is 6.03 Å². The highest BCUT2D eigenvalue weighted by molar-refractivity contribution is 7.91. The molecule has 2 aromatic rings. The largest absolute Gasteiger partial charge is 0.340 e. The Morgan fingerprint density at radius 1 is 0.970 bits per heavy atom. The molecular weight excluding hydrogens is 438 g/mol. The summed E-state index contributed by atoms with van der Waals surface area (Å²) >= 11 is 0. The van der Waals surface area contributed by atoms with Crippen LogP contribution in [0.4, 0.5) is 10.5 Å². The smallest absolute Gasteiger partial charge is 0.325 e. The molecule has 0 N–H and O–H groups in total. The number of carbonyl (C=O) groups excluding carboxylic acids is 2. The molecule has 33 heavy (non-hydrogen) atoms. The minimum atomic E-state index is -3.35.